The zero-order chi connectivity index (χ0) is 17.0. The van der Waals surface area contributed by atoms with E-state index in [1.165, 1.54) is 0 Å². The number of sulfonamides is 1. The van der Waals surface area contributed by atoms with Gasteiger partial charge in [0.2, 0.25) is 10.0 Å². The molecule has 1 saturated heterocycles. The Hall–Kier alpha value is -1.60. The summed E-state index contributed by atoms with van der Waals surface area (Å²) in [5, 5.41) is 2.43. The lowest BCUT2D eigenvalue weighted by molar-refractivity contribution is 0.193. The van der Waals surface area contributed by atoms with Gasteiger partial charge in [-0.25, -0.2) is 17.9 Å². The largest absolute Gasteiger partial charge is 0.324 e. The van der Waals surface area contributed by atoms with E-state index >= 15 is 0 Å². The molecule has 0 aliphatic carbocycles. The van der Waals surface area contributed by atoms with Crippen molar-refractivity contribution in [1.82, 2.24) is 9.62 Å². The van der Waals surface area contributed by atoms with E-state index in [0.717, 1.165) is 11.3 Å². The van der Waals surface area contributed by atoms with E-state index in [-0.39, 0.29) is 12.1 Å². The van der Waals surface area contributed by atoms with Crippen LogP contribution in [0.3, 0.4) is 0 Å². The van der Waals surface area contributed by atoms with Crippen molar-refractivity contribution < 1.29 is 13.2 Å². The van der Waals surface area contributed by atoms with Gasteiger partial charge in [-0.2, -0.15) is 0 Å². The van der Waals surface area contributed by atoms with Crippen LogP contribution in [0.25, 0.3) is 0 Å². The van der Waals surface area contributed by atoms with E-state index in [4.69, 9.17) is 0 Å². The lowest BCUT2D eigenvalue weighted by atomic mass is 10.1. The Kier molecular flexibility index (Phi) is 5.64. The third-order valence-corrected chi connectivity index (χ3v) is 5.94. The van der Waals surface area contributed by atoms with Gasteiger partial charge in [0.1, 0.15) is 0 Å². The number of aryl methyl sites for hydroxylation is 1. The Morgan fingerprint density at radius 3 is 2.26 bits per heavy atom. The highest BCUT2D eigenvalue weighted by atomic mass is 32.2. The first-order valence-electron chi connectivity index (χ1n) is 7.91. The summed E-state index contributed by atoms with van der Waals surface area (Å²) in [6.07, 6.45) is 1.26. The van der Waals surface area contributed by atoms with E-state index in [0.29, 0.717) is 25.9 Å². The summed E-state index contributed by atoms with van der Waals surface area (Å²) in [6, 6.07) is 7.41. The van der Waals surface area contributed by atoms with Crippen molar-refractivity contribution in [2.75, 3.05) is 18.4 Å². The van der Waals surface area contributed by atoms with E-state index in [1.807, 2.05) is 31.2 Å². The van der Waals surface area contributed by atoms with Crippen molar-refractivity contribution in [3.63, 3.8) is 0 Å². The van der Waals surface area contributed by atoms with E-state index < -0.39 is 15.3 Å². The van der Waals surface area contributed by atoms with Crippen LogP contribution in [0, 0.1) is 6.92 Å². The van der Waals surface area contributed by atoms with Gasteiger partial charge in [0.25, 0.3) is 0 Å². The first-order valence-corrected chi connectivity index (χ1v) is 9.46. The van der Waals surface area contributed by atoms with Gasteiger partial charge in [-0.05, 0) is 45.7 Å². The molecule has 23 heavy (non-hydrogen) atoms. The molecular formula is C16H25N3O3S. The predicted molar refractivity (Wildman–Crippen MR) is 92.0 cm³/mol. The number of nitrogens with zero attached hydrogens (tertiary/aromatic N) is 1. The van der Waals surface area contributed by atoms with Crippen LogP contribution in [-0.4, -0.2) is 43.7 Å². The first-order chi connectivity index (χ1) is 10.8. The molecule has 0 atom stereocenters. The average molecular weight is 339 g/mol. The molecule has 0 aromatic heterocycles. The lowest BCUT2D eigenvalue weighted by Crippen LogP contribution is -2.48. The maximum absolute atomic E-state index is 12.2. The molecule has 1 heterocycles. The summed E-state index contributed by atoms with van der Waals surface area (Å²) in [5.41, 5.74) is 1.91. The van der Waals surface area contributed by atoms with E-state index in [1.54, 1.807) is 18.7 Å². The molecule has 1 fully saturated rings. The van der Waals surface area contributed by atoms with Gasteiger partial charge in [0.15, 0.2) is 0 Å². The smallest absolute Gasteiger partial charge is 0.321 e. The van der Waals surface area contributed by atoms with Crippen LogP contribution in [0.1, 0.15) is 32.3 Å². The highest BCUT2D eigenvalue weighted by Crippen LogP contribution is 2.15. The number of hydrogen-bond donors (Lipinski definition) is 2. The standard InChI is InChI=1S/C16H25N3O3S/c1-12(2)23(21,22)18-15-8-10-19(11-9-15)16(20)17-14-6-4-13(3)5-7-14/h4-7,12,15,18H,8-11H2,1-3H3,(H,17,20). The molecule has 0 bridgehead atoms. The molecule has 0 spiro atoms. The Morgan fingerprint density at radius 1 is 1.17 bits per heavy atom. The molecule has 2 amide bonds. The number of benzene rings is 1. The summed E-state index contributed by atoms with van der Waals surface area (Å²) in [7, 11) is -3.26. The fourth-order valence-electron chi connectivity index (χ4n) is 2.41. The topological polar surface area (TPSA) is 78.5 Å². The minimum atomic E-state index is -3.26. The summed E-state index contributed by atoms with van der Waals surface area (Å²) in [5.74, 6) is 0. The molecular weight excluding hydrogens is 314 g/mol. The highest BCUT2D eigenvalue weighted by molar-refractivity contribution is 7.90. The average Bonchev–Trinajstić information content (AvgIpc) is 2.49. The van der Waals surface area contributed by atoms with Crippen molar-refractivity contribution in [2.24, 2.45) is 0 Å². The van der Waals surface area contributed by atoms with Crippen LogP contribution in [0.2, 0.25) is 0 Å². The van der Waals surface area contributed by atoms with Crippen LogP contribution in [-0.2, 0) is 10.0 Å². The fraction of sp³-hybridized carbons (Fsp3) is 0.562. The van der Waals surface area contributed by atoms with Gasteiger partial charge in [0, 0.05) is 24.8 Å². The molecule has 2 N–H and O–H groups in total. The van der Waals surface area contributed by atoms with Gasteiger partial charge < -0.3 is 10.2 Å². The van der Waals surface area contributed by atoms with Gasteiger partial charge in [-0.15, -0.1) is 0 Å². The second kappa shape index (κ2) is 7.31. The van der Waals surface area contributed by atoms with Crippen LogP contribution >= 0.6 is 0 Å². The minimum Gasteiger partial charge on any atom is -0.324 e. The normalized spacial score (nSPS) is 16.6. The summed E-state index contributed by atoms with van der Waals surface area (Å²) in [4.78, 5) is 14.0. The van der Waals surface area contributed by atoms with Gasteiger partial charge in [-0.3, -0.25) is 0 Å². The number of likely N-dealkylation sites (tertiary alicyclic amines) is 1. The van der Waals surface area contributed by atoms with E-state index in [2.05, 4.69) is 10.0 Å². The van der Waals surface area contributed by atoms with Gasteiger partial charge in [-0.1, -0.05) is 17.7 Å². The quantitative estimate of drug-likeness (QED) is 0.883. The summed E-state index contributed by atoms with van der Waals surface area (Å²) in [6.45, 7) is 6.40. The number of urea groups is 1. The van der Waals surface area contributed by atoms with Crippen LogP contribution in [0.15, 0.2) is 24.3 Å². The van der Waals surface area contributed by atoms with Crippen LogP contribution < -0.4 is 10.0 Å². The Labute approximate surface area is 138 Å². The molecule has 0 saturated carbocycles. The summed E-state index contributed by atoms with van der Waals surface area (Å²) >= 11 is 0. The number of carbonyl (C=O) groups is 1. The number of hydrogen-bond acceptors (Lipinski definition) is 3. The monoisotopic (exact) mass is 339 g/mol. The number of anilines is 1. The maximum atomic E-state index is 12.2. The first kappa shape index (κ1) is 17.7. The SMILES string of the molecule is Cc1ccc(NC(=O)N2CCC(NS(=O)(=O)C(C)C)CC2)cc1. The van der Waals surface area contributed by atoms with Crippen molar-refractivity contribution >= 4 is 21.7 Å². The second-order valence-corrected chi connectivity index (χ2v) is 8.54. The van der Waals surface area contributed by atoms with Crippen LogP contribution in [0.4, 0.5) is 10.5 Å². The minimum absolute atomic E-state index is 0.0918. The van der Waals surface area contributed by atoms with Crippen molar-refractivity contribution in [1.29, 1.82) is 0 Å². The number of rotatable bonds is 4. The molecule has 0 unspecified atom stereocenters. The maximum Gasteiger partial charge on any atom is 0.321 e. The molecule has 1 aromatic rings. The third-order valence-electron chi connectivity index (χ3n) is 4.04. The molecule has 1 aliphatic heterocycles. The second-order valence-electron chi connectivity index (χ2n) is 6.27. The lowest BCUT2D eigenvalue weighted by Gasteiger charge is -2.32. The molecule has 2 rings (SSSR count). The van der Waals surface area contributed by atoms with Gasteiger partial charge >= 0.3 is 6.03 Å². The highest BCUT2D eigenvalue weighted by Gasteiger charge is 2.27. The Balaban J connectivity index is 1.84. The van der Waals surface area contributed by atoms with E-state index in [9.17, 15) is 13.2 Å². The van der Waals surface area contributed by atoms with Crippen molar-refractivity contribution in [3.8, 4) is 0 Å². The Morgan fingerprint density at radius 2 is 1.74 bits per heavy atom. The molecule has 1 aliphatic rings. The zero-order valence-electron chi connectivity index (χ0n) is 13.9. The number of nitrogens with one attached hydrogen (secondary N) is 2. The van der Waals surface area contributed by atoms with Crippen molar-refractivity contribution in [2.45, 2.75) is 44.9 Å². The predicted octanol–water partition coefficient (Wildman–Crippen LogP) is 2.32. The molecule has 0 radical (unpaired) electrons. The van der Waals surface area contributed by atoms with Gasteiger partial charge in [0.05, 0.1) is 5.25 Å². The Bertz CT molecular complexity index is 633. The van der Waals surface area contributed by atoms with Crippen molar-refractivity contribution in [3.05, 3.63) is 29.8 Å². The zero-order valence-corrected chi connectivity index (χ0v) is 14.7. The number of amides is 2. The summed E-state index contributed by atoms with van der Waals surface area (Å²) < 4.78 is 26.5. The molecule has 1 aromatic carbocycles. The molecule has 7 heteroatoms. The molecule has 128 valence electrons. The fourth-order valence-corrected chi connectivity index (χ4v) is 3.38. The number of carbonyl (C=O) groups excluding carboxylic acids is 1. The molecule has 6 nitrogen and oxygen atoms in total. The number of piperidine rings is 1. The van der Waals surface area contributed by atoms with Crippen LogP contribution in [0.5, 0.6) is 0 Å². The third kappa shape index (κ3) is 4.94.